The van der Waals surface area contributed by atoms with E-state index in [0.29, 0.717) is 24.2 Å². The van der Waals surface area contributed by atoms with Crippen molar-refractivity contribution in [2.45, 2.75) is 160 Å². The van der Waals surface area contributed by atoms with Crippen LogP contribution >= 0.6 is 0 Å². The first-order valence-corrected chi connectivity index (χ1v) is 22.0. The fourth-order valence-corrected chi connectivity index (χ4v) is 11.1. The van der Waals surface area contributed by atoms with Gasteiger partial charge in [0.15, 0.2) is 14.6 Å². The third kappa shape index (κ3) is 8.10. The number of Topliss-reactive ketones (excluding diaryl/α,β-unsaturated/α-hetero) is 1. The lowest BCUT2D eigenvalue weighted by Gasteiger charge is -2.44. The lowest BCUT2D eigenvalue weighted by molar-refractivity contribution is -0.314. The van der Waals surface area contributed by atoms with Crippen LogP contribution in [0.15, 0.2) is 12.2 Å². The molecule has 3 aliphatic carbocycles. The molecule has 5 aliphatic rings. The van der Waals surface area contributed by atoms with Gasteiger partial charge in [-0.2, -0.15) is 0 Å². The predicted molar refractivity (Wildman–Crippen MR) is 190 cm³/mol. The first-order valence-electron chi connectivity index (χ1n) is 19.1. The topological polar surface area (TPSA) is 98.8 Å². The van der Waals surface area contributed by atoms with Crippen LogP contribution in [-0.2, 0) is 42.4 Å². The summed E-state index contributed by atoms with van der Waals surface area (Å²) in [6, 6.07) is 0. The van der Waals surface area contributed by atoms with Gasteiger partial charge in [0.05, 0.1) is 18.3 Å². The van der Waals surface area contributed by atoms with Crippen molar-refractivity contribution in [2.75, 3.05) is 21.3 Å². The molecule has 0 N–H and O–H groups in total. The van der Waals surface area contributed by atoms with E-state index in [1.807, 2.05) is 6.92 Å². The molecular formula is C39H66O9Si. The first-order chi connectivity index (χ1) is 23.1. The molecule has 5 rings (SSSR count). The van der Waals surface area contributed by atoms with Crippen LogP contribution in [0.3, 0.4) is 0 Å². The number of hydrogen-bond acceptors (Lipinski definition) is 9. The Hall–Kier alpha value is -1.14. The normalized spacial score (nSPS) is 43.6. The molecule has 0 aromatic heterocycles. The van der Waals surface area contributed by atoms with Gasteiger partial charge in [-0.15, -0.1) is 0 Å². The molecule has 0 spiro atoms. The molecular weight excluding hydrogens is 641 g/mol. The molecule has 4 fully saturated rings. The molecule has 15 atom stereocenters. The number of esters is 1. The zero-order valence-corrected chi connectivity index (χ0v) is 33.1. The van der Waals surface area contributed by atoms with Crippen LogP contribution in [0.5, 0.6) is 0 Å². The van der Waals surface area contributed by atoms with Gasteiger partial charge in [0, 0.05) is 39.6 Å². The Balaban J connectivity index is 1.36. The van der Waals surface area contributed by atoms with Crippen LogP contribution in [0.4, 0.5) is 0 Å². The summed E-state index contributed by atoms with van der Waals surface area (Å²) >= 11 is 0. The number of cyclic esters (lactones) is 1. The van der Waals surface area contributed by atoms with Gasteiger partial charge in [-0.25, -0.2) is 0 Å². The highest BCUT2D eigenvalue weighted by atomic mass is 28.4. The average Bonchev–Trinajstić information content (AvgIpc) is 3.62. The van der Waals surface area contributed by atoms with Gasteiger partial charge in [-0.3, -0.25) is 9.59 Å². The van der Waals surface area contributed by atoms with Crippen molar-refractivity contribution < 1.29 is 42.4 Å². The summed E-state index contributed by atoms with van der Waals surface area (Å²) in [6.45, 7) is 17.5. The SMILES string of the molecule is CC[C@H]1CCC[C@H](O[Si](C)(C)C(C)(C)C)[C@@H](C)C(=O)[C@@H]2C[C@@H]3[C@@H](C=C[C@@H]4C[C@H](O[C@@H]5O[C@@H](C)[C@H](OC)[C@@H](OC)[C@H]5OC)C[C@@H]34)[C@@H]2CC(=O)O1. The number of allylic oxidation sites excluding steroid dienone is 2. The summed E-state index contributed by atoms with van der Waals surface area (Å²) in [5, 5.41) is 0.0482. The number of rotatable bonds is 8. The van der Waals surface area contributed by atoms with Crippen LogP contribution < -0.4 is 0 Å². The smallest absolute Gasteiger partial charge is 0.306 e. The fraction of sp³-hybridized carbons (Fsp3) is 0.897. The van der Waals surface area contributed by atoms with Crippen LogP contribution in [0.1, 0.15) is 92.9 Å². The van der Waals surface area contributed by atoms with Gasteiger partial charge < -0.3 is 32.8 Å². The van der Waals surface area contributed by atoms with Crippen molar-refractivity contribution in [1.82, 2.24) is 0 Å². The molecule has 280 valence electrons. The van der Waals surface area contributed by atoms with Gasteiger partial charge in [0.25, 0.3) is 0 Å². The summed E-state index contributed by atoms with van der Waals surface area (Å²) in [6.07, 6.45) is 8.82. The number of methoxy groups -OCH3 is 3. The Labute approximate surface area is 297 Å². The number of carbonyl (C=O) groups is 2. The molecule has 2 aliphatic heterocycles. The lowest BCUT2D eigenvalue weighted by atomic mass is 9.71. The van der Waals surface area contributed by atoms with Crippen molar-refractivity contribution in [1.29, 1.82) is 0 Å². The molecule has 0 bridgehead atoms. The Kier molecular flexibility index (Phi) is 12.6. The summed E-state index contributed by atoms with van der Waals surface area (Å²) in [5.41, 5.74) is 0. The molecule has 49 heavy (non-hydrogen) atoms. The number of ether oxygens (including phenoxy) is 6. The van der Waals surface area contributed by atoms with Crippen molar-refractivity contribution in [3.8, 4) is 0 Å². The van der Waals surface area contributed by atoms with Crippen LogP contribution in [-0.4, -0.2) is 90.4 Å². The number of hydrogen-bond donors (Lipinski definition) is 0. The minimum atomic E-state index is -2.12. The molecule has 10 heteroatoms. The van der Waals surface area contributed by atoms with E-state index in [9.17, 15) is 9.59 Å². The van der Waals surface area contributed by atoms with Gasteiger partial charge in [-0.05, 0) is 99.6 Å². The quantitative estimate of drug-likeness (QED) is 0.149. The van der Waals surface area contributed by atoms with Gasteiger partial charge >= 0.3 is 5.97 Å². The molecule has 2 saturated carbocycles. The molecule has 0 aromatic rings. The van der Waals surface area contributed by atoms with E-state index in [-0.39, 0.29) is 77.1 Å². The number of carbonyl (C=O) groups excluding carboxylic acids is 2. The summed E-state index contributed by atoms with van der Waals surface area (Å²) in [5.74, 6) is 0.830. The van der Waals surface area contributed by atoms with E-state index in [4.69, 9.17) is 32.8 Å². The van der Waals surface area contributed by atoms with E-state index in [1.54, 1.807) is 21.3 Å². The Morgan fingerprint density at radius 3 is 2.20 bits per heavy atom. The second-order valence-electron chi connectivity index (χ2n) is 17.3. The standard InChI is InChI=1S/C39H66O9Si/c1-12-25-14-13-15-32(48-49(10,11)39(4,5)6)22(2)34(41)31-20-29-27(30(31)21-33(40)46-25)17-16-24-18-26(19-28(24)29)47-38-37(44-9)36(43-8)35(42-7)23(3)45-38/h16-17,22-32,35-38H,12-15,18-21H2,1-11H3/t22-,23+,24-,25+,26+,27-,28-,29-,30+,31-,32+,35+,36-,37-,38+/m1/s1. The van der Waals surface area contributed by atoms with Crippen molar-refractivity contribution in [3.63, 3.8) is 0 Å². The maximum Gasteiger partial charge on any atom is 0.306 e. The molecule has 0 radical (unpaired) electrons. The molecule has 0 amide bonds. The van der Waals surface area contributed by atoms with E-state index in [0.717, 1.165) is 44.9 Å². The van der Waals surface area contributed by atoms with Crippen molar-refractivity contribution in [2.24, 2.45) is 41.4 Å². The van der Waals surface area contributed by atoms with E-state index in [1.165, 1.54) is 0 Å². The highest BCUT2D eigenvalue weighted by Crippen LogP contribution is 2.57. The van der Waals surface area contributed by atoms with Crippen molar-refractivity contribution >= 4 is 20.1 Å². The maximum absolute atomic E-state index is 14.7. The fourth-order valence-electron chi connectivity index (χ4n) is 9.63. The van der Waals surface area contributed by atoms with E-state index < -0.39 is 20.7 Å². The van der Waals surface area contributed by atoms with Crippen LogP contribution in [0.25, 0.3) is 0 Å². The third-order valence-corrected chi connectivity index (χ3v) is 18.0. The second-order valence-corrected chi connectivity index (χ2v) is 22.0. The highest BCUT2D eigenvalue weighted by molar-refractivity contribution is 6.74. The van der Waals surface area contributed by atoms with Crippen LogP contribution in [0.2, 0.25) is 18.1 Å². The highest BCUT2D eigenvalue weighted by Gasteiger charge is 2.56. The number of fused-ring (bicyclic) bond motifs is 5. The molecule has 0 aromatic carbocycles. The summed E-state index contributed by atoms with van der Waals surface area (Å²) in [7, 11) is 2.88. The van der Waals surface area contributed by atoms with Gasteiger partial charge in [-0.1, -0.05) is 46.8 Å². The Bertz CT molecular complexity index is 1170. The van der Waals surface area contributed by atoms with Gasteiger partial charge in [0.1, 0.15) is 30.2 Å². The third-order valence-electron chi connectivity index (χ3n) is 13.4. The second kappa shape index (κ2) is 15.8. The minimum Gasteiger partial charge on any atom is -0.462 e. The molecule has 2 saturated heterocycles. The predicted octanol–water partition coefficient (Wildman–Crippen LogP) is 7.12. The summed E-state index contributed by atoms with van der Waals surface area (Å²) < 4.78 is 43.5. The van der Waals surface area contributed by atoms with E-state index in [2.05, 4.69) is 59.9 Å². The largest absolute Gasteiger partial charge is 0.462 e. The van der Waals surface area contributed by atoms with Crippen molar-refractivity contribution in [3.05, 3.63) is 12.2 Å². The zero-order valence-electron chi connectivity index (χ0n) is 32.1. The minimum absolute atomic E-state index is 0.0104. The van der Waals surface area contributed by atoms with Gasteiger partial charge in [0.2, 0.25) is 0 Å². The molecule has 0 unspecified atom stereocenters. The monoisotopic (exact) mass is 706 g/mol. The Morgan fingerprint density at radius 2 is 1.57 bits per heavy atom. The molecule has 9 nitrogen and oxygen atoms in total. The molecule has 2 heterocycles. The summed E-state index contributed by atoms with van der Waals surface area (Å²) in [4.78, 5) is 28.1. The van der Waals surface area contributed by atoms with E-state index >= 15 is 0 Å². The maximum atomic E-state index is 14.7. The lowest BCUT2D eigenvalue weighted by Crippen LogP contribution is -2.59. The first kappa shape index (κ1) is 39.1. The Morgan fingerprint density at radius 1 is 0.878 bits per heavy atom. The zero-order chi connectivity index (χ0) is 35.8. The van der Waals surface area contributed by atoms with Crippen LogP contribution in [0, 0.1) is 41.4 Å². The average molecular weight is 707 g/mol. The number of ketones is 1.